The summed E-state index contributed by atoms with van der Waals surface area (Å²) in [4.78, 5) is 6.71. The Hall–Kier alpha value is -0.380. The molecule has 0 aliphatic carbocycles. The molecule has 0 aromatic carbocycles. The van der Waals surface area contributed by atoms with Crippen LogP contribution in [0.15, 0.2) is 17.5 Å². The van der Waals surface area contributed by atoms with Crippen LogP contribution in [-0.2, 0) is 6.54 Å². The maximum atomic E-state index is 2.63. The lowest BCUT2D eigenvalue weighted by Crippen LogP contribution is -2.30. The normalized spacial score (nSPS) is 16.7. The third-order valence-corrected chi connectivity index (χ3v) is 5.27. The van der Waals surface area contributed by atoms with E-state index in [1.807, 2.05) is 11.3 Å². The van der Waals surface area contributed by atoms with E-state index in [1.54, 1.807) is 0 Å². The summed E-state index contributed by atoms with van der Waals surface area (Å²) >= 11 is 1.88. The van der Waals surface area contributed by atoms with Crippen molar-refractivity contribution < 1.29 is 0 Å². The van der Waals surface area contributed by atoms with Gasteiger partial charge < -0.3 is 4.90 Å². The number of piperidine rings is 1. The molecule has 21 heavy (non-hydrogen) atoms. The van der Waals surface area contributed by atoms with Gasteiger partial charge in [0.25, 0.3) is 0 Å². The third kappa shape index (κ3) is 6.94. The lowest BCUT2D eigenvalue weighted by atomic mass is 10.1. The summed E-state index contributed by atoms with van der Waals surface area (Å²) in [5.74, 6) is 0. The summed E-state index contributed by atoms with van der Waals surface area (Å²) in [5, 5.41) is 2.18. The number of unbranched alkanes of at least 4 members (excludes halogenated alkanes) is 3. The van der Waals surface area contributed by atoms with Crippen LogP contribution in [0.4, 0.5) is 0 Å². The van der Waals surface area contributed by atoms with Gasteiger partial charge in [0.15, 0.2) is 0 Å². The number of nitrogens with zero attached hydrogens (tertiary/aromatic N) is 2. The second-order valence-electron chi connectivity index (χ2n) is 6.07. The van der Waals surface area contributed by atoms with Crippen molar-refractivity contribution >= 4 is 11.3 Å². The molecule has 0 unspecified atom stereocenters. The van der Waals surface area contributed by atoms with Gasteiger partial charge in [0.05, 0.1) is 0 Å². The summed E-state index contributed by atoms with van der Waals surface area (Å²) < 4.78 is 0. The molecule has 0 spiro atoms. The molecule has 1 saturated heterocycles. The van der Waals surface area contributed by atoms with Crippen LogP contribution in [0.2, 0.25) is 0 Å². The Bertz CT molecular complexity index is 344. The highest BCUT2D eigenvalue weighted by Crippen LogP contribution is 2.13. The van der Waals surface area contributed by atoms with Crippen LogP contribution < -0.4 is 0 Å². The molecule has 1 fully saturated rings. The lowest BCUT2D eigenvalue weighted by molar-refractivity contribution is 0.245. The number of likely N-dealkylation sites (tertiary alicyclic amines) is 1. The second kappa shape index (κ2) is 10.4. The molecule has 1 aromatic heterocycles. The Morgan fingerprint density at radius 3 is 2.67 bits per heavy atom. The van der Waals surface area contributed by atoms with Crippen LogP contribution >= 0.6 is 11.3 Å². The van der Waals surface area contributed by atoms with Gasteiger partial charge in [0.1, 0.15) is 0 Å². The average Bonchev–Trinajstić information content (AvgIpc) is 3.03. The minimum absolute atomic E-state index is 1.14. The molecule has 2 nitrogen and oxygen atoms in total. The third-order valence-electron chi connectivity index (χ3n) is 4.40. The number of rotatable bonds is 10. The fraction of sp³-hybridized carbons (Fsp3) is 0.722. The van der Waals surface area contributed by atoms with Gasteiger partial charge in [-0.2, -0.15) is 0 Å². The van der Waals surface area contributed by atoms with E-state index in [2.05, 4.69) is 40.7 Å². The zero-order valence-corrected chi connectivity index (χ0v) is 14.4. The predicted molar refractivity (Wildman–Crippen MR) is 93.7 cm³/mol. The average molecular weight is 308 g/mol. The Balaban J connectivity index is 1.48. The molecular weight excluding hydrogens is 276 g/mol. The topological polar surface area (TPSA) is 6.48 Å². The Morgan fingerprint density at radius 1 is 1.14 bits per heavy atom. The molecule has 0 saturated carbocycles. The monoisotopic (exact) mass is 307 g/mol. The van der Waals surface area contributed by atoms with Gasteiger partial charge in [0, 0.05) is 11.4 Å². The van der Waals surface area contributed by atoms with Crippen molar-refractivity contribution in [3.05, 3.63) is 28.8 Å². The van der Waals surface area contributed by atoms with Gasteiger partial charge in [-0.15, -0.1) is 11.3 Å². The van der Waals surface area contributed by atoms with Crippen molar-refractivity contribution in [3.8, 4) is 0 Å². The van der Waals surface area contributed by atoms with E-state index in [4.69, 9.17) is 0 Å². The largest absolute Gasteiger partial charge is 0.303 e. The van der Waals surface area contributed by atoms with Gasteiger partial charge in [-0.3, -0.25) is 4.90 Å². The molecular formula is C18H31N2S. The molecule has 1 aromatic rings. The maximum Gasteiger partial charge on any atom is 0.0327 e. The Labute approximate surface area is 135 Å². The van der Waals surface area contributed by atoms with Gasteiger partial charge in [-0.25, -0.2) is 0 Å². The lowest BCUT2D eigenvalue weighted by Gasteiger charge is -2.26. The summed E-state index contributed by atoms with van der Waals surface area (Å²) in [7, 11) is 0. The molecule has 1 radical (unpaired) electrons. The first-order chi connectivity index (χ1) is 10.4. The van der Waals surface area contributed by atoms with E-state index in [0.29, 0.717) is 0 Å². The van der Waals surface area contributed by atoms with Crippen LogP contribution in [0.3, 0.4) is 0 Å². The van der Waals surface area contributed by atoms with E-state index >= 15 is 0 Å². The fourth-order valence-corrected chi connectivity index (χ4v) is 3.77. The summed E-state index contributed by atoms with van der Waals surface area (Å²) in [5.41, 5.74) is 0. The molecule has 0 N–H and O–H groups in total. The molecule has 2 heterocycles. The highest BCUT2D eigenvalue weighted by Gasteiger charge is 2.09. The van der Waals surface area contributed by atoms with Crippen molar-refractivity contribution in [3.63, 3.8) is 0 Å². The smallest absolute Gasteiger partial charge is 0.0327 e. The minimum Gasteiger partial charge on any atom is -0.303 e. The highest BCUT2D eigenvalue weighted by atomic mass is 32.1. The van der Waals surface area contributed by atoms with E-state index in [-0.39, 0.29) is 0 Å². The van der Waals surface area contributed by atoms with Crippen LogP contribution in [0, 0.1) is 6.42 Å². The first-order valence-corrected chi connectivity index (χ1v) is 9.55. The molecule has 2 rings (SSSR count). The van der Waals surface area contributed by atoms with Crippen molar-refractivity contribution in [2.75, 3.05) is 32.7 Å². The quantitative estimate of drug-likeness (QED) is 0.590. The van der Waals surface area contributed by atoms with E-state index < -0.39 is 0 Å². The molecule has 0 amide bonds. The van der Waals surface area contributed by atoms with Crippen molar-refractivity contribution in [2.24, 2.45) is 0 Å². The van der Waals surface area contributed by atoms with E-state index in [9.17, 15) is 0 Å². The van der Waals surface area contributed by atoms with E-state index in [1.165, 1.54) is 76.1 Å². The van der Waals surface area contributed by atoms with Crippen LogP contribution in [0.1, 0.15) is 50.3 Å². The molecule has 3 heteroatoms. The Kier molecular flexibility index (Phi) is 8.38. The van der Waals surface area contributed by atoms with Crippen LogP contribution in [0.25, 0.3) is 0 Å². The zero-order valence-electron chi connectivity index (χ0n) is 13.6. The molecule has 1 aliphatic rings. The predicted octanol–water partition coefficient (Wildman–Crippen LogP) is 4.43. The second-order valence-corrected chi connectivity index (χ2v) is 7.10. The maximum absolute atomic E-state index is 2.63. The number of hydrogen-bond acceptors (Lipinski definition) is 3. The standard InChI is InChI=1S/C18H31N2S/c1-2-19(17-18-11-10-16-21-18)12-6-3-4-7-13-20-14-8-5-9-15-20/h5,10-11,16H,2-4,6-9,12-15,17H2,1H3. The summed E-state index contributed by atoms with van der Waals surface area (Å²) in [6.45, 7) is 9.75. The van der Waals surface area contributed by atoms with Crippen molar-refractivity contribution in [1.82, 2.24) is 9.80 Å². The van der Waals surface area contributed by atoms with Crippen molar-refractivity contribution in [1.29, 1.82) is 0 Å². The summed E-state index contributed by atoms with van der Waals surface area (Å²) in [6.07, 6.45) is 10.6. The zero-order chi connectivity index (χ0) is 14.8. The first kappa shape index (κ1) is 17.0. The molecule has 119 valence electrons. The van der Waals surface area contributed by atoms with Gasteiger partial charge >= 0.3 is 0 Å². The number of thiophene rings is 1. The highest BCUT2D eigenvalue weighted by molar-refractivity contribution is 7.09. The van der Waals surface area contributed by atoms with Gasteiger partial charge in [-0.1, -0.05) is 25.8 Å². The molecule has 1 aliphatic heterocycles. The summed E-state index contributed by atoms with van der Waals surface area (Å²) in [6, 6.07) is 4.41. The minimum atomic E-state index is 1.14. The fourth-order valence-electron chi connectivity index (χ4n) is 3.02. The van der Waals surface area contributed by atoms with Gasteiger partial charge in [-0.05, 0) is 76.3 Å². The van der Waals surface area contributed by atoms with Crippen molar-refractivity contribution in [2.45, 2.75) is 52.0 Å². The first-order valence-electron chi connectivity index (χ1n) is 8.67. The SMILES string of the molecule is CCN(CCCCCCN1CC[CH]CC1)Cc1cccs1. The van der Waals surface area contributed by atoms with E-state index in [0.717, 1.165) is 6.54 Å². The number of hydrogen-bond donors (Lipinski definition) is 0. The molecule has 0 atom stereocenters. The molecule has 0 bridgehead atoms. The Morgan fingerprint density at radius 2 is 1.95 bits per heavy atom. The van der Waals surface area contributed by atoms with Gasteiger partial charge in [0.2, 0.25) is 0 Å². The van der Waals surface area contributed by atoms with Crippen LogP contribution in [-0.4, -0.2) is 42.5 Å². The van der Waals surface area contributed by atoms with Crippen LogP contribution in [0.5, 0.6) is 0 Å².